The van der Waals surface area contributed by atoms with Gasteiger partial charge in [-0.05, 0) is 59.9 Å². The van der Waals surface area contributed by atoms with E-state index < -0.39 is 17.0 Å². The van der Waals surface area contributed by atoms with Gasteiger partial charge in [-0.25, -0.2) is 9.00 Å². The lowest BCUT2D eigenvalue weighted by molar-refractivity contribution is 0.0692. The van der Waals surface area contributed by atoms with Crippen LogP contribution >= 0.6 is 0 Å². The summed E-state index contributed by atoms with van der Waals surface area (Å²) in [4.78, 5) is 14.5. The molecule has 2 heterocycles. The minimum atomic E-state index is -1.78. The maximum atomic E-state index is 12.9. The molecule has 0 aromatic heterocycles. The number of hydrogen-bond acceptors (Lipinski definition) is 6. The molecule has 2 aromatic rings. The first-order chi connectivity index (χ1) is 16.4. The topological polar surface area (TPSA) is 85.3 Å². The van der Waals surface area contributed by atoms with Gasteiger partial charge in [-0.15, -0.1) is 0 Å². The molecule has 0 amide bonds. The predicted octanol–water partition coefficient (Wildman–Crippen LogP) is 4.36. The van der Waals surface area contributed by atoms with Crippen molar-refractivity contribution in [1.82, 2.24) is 4.90 Å². The molecule has 0 saturated carbocycles. The number of carbonyl (C=O) groups is 1. The zero-order valence-corrected chi connectivity index (χ0v) is 20.0. The maximum Gasteiger partial charge on any atom is 0.339 e. The highest BCUT2D eigenvalue weighted by atomic mass is 32.2. The van der Waals surface area contributed by atoms with Crippen molar-refractivity contribution in [3.05, 3.63) is 88.4 Å². The fraction of sp³-hybridized carbons (Fsp3) is 0.269. The number of fused-ring (bicyclic) bond motifs is 4. The highest BCUT2D eigenvalue weighted by Crippen LogP contribution is 2.45. The Bertz CT molecular complexity index is 1220. The number of allylic oxidation sites excluding steroid dienone is 3. The lowest BCUT2D eigenvalue weighted by Gasteiger charge is -2.42. The van der Waals surface area contributed by atoms with Crippen LogP contribution in [-0.4, -0.2) is 40.9 Å². The summed E-state index contributed by atoms with van der Waals surface area (Å²) in [5.74, 6) is 0.314. The van der Waals surface area contributed by atoms with E-state index in [0.29, 0.717) is 35.1 Å². The fourth-order valence-corrected chi connectivity index (χ4v) is 5.43. The first-order valence-electron chi connectivity index (χ1n) is 10.8. The molecule has 178 valence electrons. The van der Waals surface area contributed by atoms with Crippen LogP contribution in [0, 0.1) is 0 Å². The smallest absolute Gasteiger partial charge is 0.339 e. The molecule has 2 aromatic carbocycles. The van der Waals surface area contributed by atoms with E-state index in [9.17, 15) is 14.1 Å². The minimum absolute atomic E-state index is 0.0244. The second-order valence-electron chi connectivity index (χ2n) is 8.06. The Balaban J connectivity index is 1.74. The van der Waals surface area contributed by atoms with Gasteiger partial charge in [0, 0.05) is 24.7 Å². The van der Waals surface area contributed by atoms with E-state index in [-0.39, 0.29) is 11.6 Å². The number of hydrogen-bond donors (Lipinski definition) is 1. The number of methoxy groups -OCH3 is 2. The van der Waals surface area contributed by atoms with Crippen LogP contribution in [-0.2, 0) is 30.5 Å². The van der Waals surface area contributed by atoms with Crippen molar-refractivity contribution in [2.45, 2.75) is 25.4 Å². The first-order valence-corrected chi connectivity index (χ1v) is 11.9. The third-order valence-corrected chi connectivity index (χ3v) is 7.32. The average molecular weight is 482 g/mol. The summed E-state index contributed by atoms with van der Waals surface area (Å²) < 4.78 is 29.6. The Morgan fingerprint density at radius 3 is 2.59 bits per heavy atom. The minimum Gasteiger partial charge on any atom is -0.496 e. The Labute approximate surface area is 201 Å². The predicted molar refractivity (Wildman–Crippen MR) is 131 cm³/mol. The molecule has 7 nitrogen and oxygen atoms in total. The molecule has 2 unspecified atom stereocenters. The van der Waals surface area contributed by atoms with Gasteiger partial charge in [-0.2, -0.15) is 0 Å². The Kier molecular flexibility index (Phi) is 6.90. The number of ether oxygens (including phenoxy) is 2. The van der Waals surface area contributed by atoms with E-state index in [2.05, 4.69) is 18.1 Å². The van der Waals surface area contributed by atoms with Gasteiger partial charge < -0.3 is 18.8 Å². The Morgan fingerprint density at radius 2 is 1.94 bits per heavy atom. The van der Waals surface area contributed by atoms with Gasteiger partial charge in [-0.1, -0.05) is 25.3 Å². The summed E-state index contributed by atoms with van der Waals surface area (Å²) in [6.07, 6.45) is 6.04. The van der Waals surface area contributed by atoms with Crippen LogP contribution in [0.5, 0.6) is 17.2 Å². The molecule has 2 aliphatic heterocycles. The molecule has 0 aliphatic carbocycles. The van der Waals surface area contributed by atoms with Gasteiger partial charge in [0.15, 0.2) is 11.5 Å². The molecule has 1 N–H and O–H groups in total. The molecule has 8 heteroatoms. The van der Waals surface area contributed by atoms with Gasteiger partial charge in [0.1, 0.15) is 11.3 Å². The van der Waals surface area contributed by atoms with Crippen LogP contribution in [0.2, 0.25) is 0 Å². The summed E-state index contributed by atoms with van der Waals surface area (Å²) in [5.41, 5.74) is 4.22. The number of carboxylic acids is 1. The molecule has 2 aliphatic rings. The summed E-state index contributed by atoms with van der Waals surface area (Å²) in [6, 6.07) is 7.42. The van der Waals surface area contributed by atoms with Crippen molar-refractivity contribution < 1.29 is 27.8 Å². The van der Waals surface area contributed by atoms with Crippen molar-refractivity contribution in [2.75, 3.05) is 20.8 Å². The van der Waals surface area contributed by atoms with E-state index in [1.54, 1.807) is 19.3 Å². The van der Waals surface area contributed by atoms with Gasteiger partial charge in [0.25, 0.3) is 0 Å². The molecule has 2 atom stereocenters. The van der Waals surface area contributed by atoms with Crippen LogP contribution < -0.4 is 13.7 Å². The second kappa shape index (κ2) is 9.87. The highest BCUT2D eigenvalue weighted by molar-refractivity contribution is 7.84. The zero-order chi connectivity index (χ0) is 24.4. The average Bonchev–Trinajstić information content (AvgIpc) is 2.85. The second-order valence-corrected chi connectivity index (χ2v) is 9.17. The fourth-order valence-electron chi connectivity index (χ4n) is 4.65. The molecule has 0 fully saturated rings. The van der Waals surface area contributed by atoms with E-state index in [0.717, 1.165) is 35.2 Å². The molecule has 0 radical (unpaired) electrons. The van der Waals surface area contributed by atoms with E-state index in [4.69, 9.17) is 13.7 Å². The molecule has 0 spiro atoms. The maximum absolute atomic E-state index is 12.9. The summed E-state index contributed by atoms with van der Waals surface area (Å²) in [7, 11) is 3.04. The van der Waals surface area contributed by atoms with Crippen molar-refractivity contribution in [1.29, 1.82) is 0 Å². The van der Waals surface area contributed by atoms with Gasteiger partial charge >= 0.3 is 5.97 Å². The van der Waals surface area contributed by atoms with Crippen LogP contribution in [0.4, 0.5) is 0 Å². The molecule has 34 heavy (non-hydrogen) atoms. The van der Waals surface area contributed by atoms with Crippen LogP contribution in [0.3, 0.4) is 0 Å². The molecule has 4 rings (SSSR count). The standard InChI is InChI=1S/C26H27NO6S/c1-5-7-18(6-2)34(30)33-25-21-15-27-11-10-17-13-24(32-4)20(26(28)29)14-19(17)22(27)12-16(21)8-9-23(25)31-3/h5-9,13-14,22H,1-2,10-12,15H2,3-4H3,(H,28,29)/b18-7+. The van der Waals surface area contributed by atoms with Crippen molar-refractivity contribution in [2.24, 2.45) is 0 Å². The van der Waals surface area contributed by atoms with Gasteiger partial charge in [0.05, 0.1) is 19.1 Å². The molecule has 0 bridgehead atoms. The lowest BCUT2D eigenvalue weighted by atomic mass is 9.83. The SMILES string of the molecule is C=C/C=C(\C=C)S(=O)Oc1c(OC)ccc2c1CN1CCc3cc(OC)c(C(=O)O)cc3C1C2. The van der Waals surface area contributed by atoms with E-state index in [1.807, 2.05) is 18.2 Å². The number of nitrogens with zero attached hydrogens (tertiary/aromatic N) is 1. The van der Waals surface area contributed by atoms with E-state index >= 15 is 0 Å². The number of rotatable bonds is 8. The van der Waals surface area contributed by atoms with Crippen molar-refractivity contribution in [3.8, 4) is 17.2 Å². The number of benzene rings is 2. The Morgan fingerprint density at radius 1 is 1.18 bits per heavy atom. The molecular weight excluding hydrogens is 454 g/mol. The normalized spacial score (nSPS) is 18.1. The third-order valence-electron chi connectivity index (χ3n) is 6.31. The van der Waals surface area contributed by atoms with Crippen LogP contribution in [0.15, 0.2) is 60.6 Å². The monoisotopic (exact) mass is 481 g/mol. The van der Waals surface area contributed by atoms with Crippen molar-refractivity contribution in [3.63, 3.8) is 0 Å². The van der Waals surface area contributed by atoms with Gasteiger partial charge in [0.2, 0.25) is 11.1 Å². The van der Waals surface area contributed by atoms with Crippen LogP contribution in [0.25, 0.3) is 0 Å². The summed E-state index contributed by atoms with van der Waals surface area (Å²) in [5, 5.41) is 9.66. The highest BCUT2D eigenvalue weighted by Gasteiger charge is 2.35. The quantitative estimate of drug-likeness (QED) is 0.561. The number of aromatic carboxylic acids is 1. The largest absolute Gasteiger partial charge is 0.496 e. The zero-order valence-electron chi connectivity index (χ0n) is 19.2. The number of carboxylic acid groups (broad SMARTS) is 1. The van der Waals surface area contributed by atoms with Gasteiger partial charge in [-0.3, -0.25) is 4.90 Å². The molecular formula is C26H27NO6S. The molecule has 0 saturated heterocycles. The third kappa shape index (κ3) is 4.26. The van der Waals surface area contributed by atoms with Crippen LogP contribution in [0.1, 0.15) is 38.7 Å². The first kappa shape index (κ1) is 23.8. The lowest BCUT2D eigenvalue weighted by Crippen LogP contribution is -2.39. The summed E-state index contributed by atoms with van der Waals surface area (Å²) >= 11 is -1.78. The Hall–Kier alpha value is -3.36. The summed E-state index contributed by atoms with van der Waals surface area (Å²) in [6.45, 7) is 8.70. The van der Waals surface area contributed by atoms with E-state index in [1.165, 1.54) is 19.3 Å². The van der Waals surface area contributed by atoms with Crippen molar-refractivity contribution >= 4 is 17.0 Å².